The molecule has 9 aromatic rings. The van der Waals surface area contributed by atoms with Crippen LogP contribution in [-0.4, -0.2) is 12.3 Å². The van der Waals surface area contributed by atoms with Gasteiger partial charge in [0.1, 0.15) is 11.2 Å². The number of anilines is 8. The maximum atomic E-state index is 6.93. The molecule has 0 spiro atoms. The van der Waals surface area contributed by atoms with Crippen molar-refractivity contribution in [3.05, 3.63) is 184 Å². The van der Waals surface area contributed by atoms with Gasteiger partial charge < -0.3 is 19.1 Å². The first kappa shape index (κ1) is 57.2. The zero-order valence-corrected chi connectivity index (χ0v) is 56.9. The minimum absolute atomic E-state index is 0.000183. The Morgan fingerprint density at radius 1 is 0.416 bits per heavy atom. The fourth-order valence-electron chi connectivity index (χ4n) is 19.5. The van der Waals surface area contributed by atoms with E-state index in [1.807, 2.05) is 0 Å². The standard InChI is InChI=1S/C84H94BN3O/c1-50-40-56-61(82(15,16)49-81(56,13)14)46-67(50)87-69-48-60-58(78(7,8)37-39-80(60,11)12)45-64(69)85-63-44-57-59(79(9,10)38-36-77(57,5)6)47-68(63)86(66-25-23-27-73-74(66)55-24-19-20-26-72(55)89-73)70-42-54(43-71(87)75(70)85)88-65-33-30-52(51-28-31-53(32-29-51)76(2,3)4)41-62(65)83(17)34-21-22-35-84(83,88)18/h19-20,23-33,40-48H,21-22,34-39,49H2,1-18H3. The third-order valence-corrected chi connectivity index (χ3v) is 25.0. The van der Waals surface area contributed by atoms with Crippen LogP contribution in [0.3, 0.4) is 0 Å². The lowest BCUT2D eigenvalue weighted by molar-refractivity contribution is 0.195. The SMILES string of the molecule is Cc1cc2c(cc1N1c3cc4c(cc3B3c5cc6c(cc5N(c5cccc7oc8ccccc8c57)c5cc(N7c8ccc(-c9ccc(C(C)(C)C)cc9)cc8C8(C)CCCCC78C)cc1c53)C(C)(C)CCC6(C)C)C(C)(C)CCC4(C)C)C(C)(C)CC2(C)C. The monoisotopic (exact) mass is 1170 g/mol. The van der Waals surface area contributed by atoms with E-state index in [9.17, 15) is 0 Å². The molecule has 2 unspecified atom stereocenters. The summed E-state index contributed by atoms with van der Waals surface area (Å²) in [4.78, 5) is 8.47. The molecule has 0 saturated heterocycles. The van der Waals surface area contributed by atoms with Crippen molar-refractivity contribution < 1.29 is 4.42 Å². The summed E-state index contributed by atoms with van der Waals surface area (Å²) >= 11 is 0. The molecule has 1 saturated carbocycles. The minimum Gasteiger partial charge on any atom is -0.456 e. The number of hydrogen-bond acceptors (Lipinski definition) is 4. The van der Waals surface area contributed by atoms with E-state index in [0.717, 1.165) is 66.9 Å². The van der Waals surface area contributed by atoms with E-state index in [-0.39, 0.29) is 55.6 Å². The van der Waals surface area contributed by atoms with Crippen molar-refractivity contribution in [2.45, 2.75) is 231 Å². The summed E-state index contributed by atoms with van der Waals surface area (Å²) in [5.74, 6) is 0. The molecule has 16 rings (SSSR count). The Morgan fingerprint density at radius 3 is 1.52 bits per heavy atom. The Kier molecular flexibility index (Phi) is 11.7. The largest absolute Gasteiger partial charge is 0.456 e. The van der Waals surface area contributed by atoms with Crippen molar-refractivity contribution in [2.75, 3.05) is 14.7 Å². The van der Waals surface area contributed by atoms with Gasteiger partial charge in [0.05, 0.1) is 16.6 Å². The molecule has 0 bridgehead atoms. The molecule has 5 heteroatoms. The molecule has 89 heavy (non-hydrogen) atoms. The Labute approximate surface area is 532 Å². The quantitative estimate of drug-likeness (QED) is 0.164. The third-order valence-electron chi connectivity index (χ3n) is 25.0. The highest BCUT2D eigenvalue weighted by Crippen LogP contribution is 2.64. The van der Waals surface area contributed by atoms with Crippen molar-refractivity contribution in [1.82, 2.24) is 0 Å². The van der Waals surface area contributed by atoms with Crippen LogP contribution in [0.5, 0.6) is 0 Å². The van der Waals surface area contributed by atoms with Crippen LogP contribution in [0.4, 0.5) is 45.5 Å². The van der Waals surface area contributed by atoms with Crippen LogP contribution >= 0.6 is 0 Å². The zero-order valence-electron chi connectivity index (χ0n) is 56.9. The Bertz CT molecular complexity index is 4540. The molecule has 1 aromatic heterocycles. The van der Waals surface area contributed by atoms with Gasteiger partial charge in [0, 0.05) is 50.6 Å². The highest BCUT2D eigenvalue weighted by molar-refractivity contribution is 7.00. The van der Waals surface area contributed by atoms with E-state index in [1.165, 1.54) is 136 Å². The van der Waals surface area contributed by atoms with Gasteiger partial charge in [0.15, 0.2) is 0 Å². The van der Waals surface area contributed by atoms with Crippen LogP contribution in [0.2, 0.25) is 0 Å². The van der Waals surface area contributed by atoms with Crippen LogP contribution < -0.4 is 31.1 Å². The minimum atomic E-state index is -0.222. The predicted molar refractivity (Wildman–Crippen MR) is 381 cm³/mol. The molecule has 4 nitrogen and oxygen atoms in total. The topological polar surface area (TPSA) is 22.9 Å². The molecule has 0 N–H and O–H groups in total. The Balaban J connectivity index is 1.06. The first-order chi connectivity index (χ1) is 41.8. The molecule has 0 radical (unpaired) electrons. The number of rotatable bonds is 4. The molecule has 4 aliphatic carbocycles. The number of aryl methyl sites for hydroxylation is 1. The smallest absolute Gasteiger partial charge is 0.252 e. The lowest BCUT2D eigenvalue weighted by Gasteiger charge is -2.52. The van der Waals surface area contributed by atoms with Gasteiger partial charge in [-0.2, -0.15) is 0 Å². The summed E-state index contributed by atoms with van der Waals surface area (Å²) < 4.78 is 6.93. The normalized spacial score (nSPS) is 23.3. The van der Waals surface area contributed by atoms with Crippen LogP contribution in [0.1, 0.15) is 226 Å². The molecule has 0 amide bonds. The van der Waals surface area contributed by atoms with Gasteiger partial charge >= 0.3 is 0 Å². The maximum absolute atomic E-state index is 6.93. The van der Waals surface area contributed by atoms with Crippen LogP contribution in [0.25, 0.3) is 33.1 Å². The number of nitrogens with zero attached hydrogens (tertiary/aromatic N) is 3. The average Bonchev–Trinajstić information content (AvgIpc) is 1.55. The fourth-order valence-corrected chi connectivity index (χ4v) is 19.5. The molecule has 8 aromatic carbocycles. The average molecular weight is 1170 g/mol. The van der Waals surface area contributed by atoms with Gasteiger partial charge in [-0.1, -0.05) is 196 Å². The molecule has 7 aliphatic rings. The van der Waals surface area contributed by atoms with Crippen LogP contribution in [-0.2, 0) is 43.3 Å². The van der Waals surface area contributed by atoms with Crippen molar-refractivity contribution in [2.24, 2.45) is 0 Å². The molecule has 454 valence electrons. The number of furan rings is 1. The first-order valence-corrected chi connectivity index (χ1v) is 34.1. The molecular formula is C84H94BN3O. The van der Waals surface area contributed by atoms with Crippen molar-refractivity contribution in [3.63, 3.8) is 0 Å². The third kappa shape index (κ3) is 7.90. The molecular weight excluding hydrogens is 1080 g/mol. The van der Waals surface area contributed by atoms with Gasteiger partial charge in [0.25, 0.3) is 6.71 Å². The molecule has 3 aliphatic heterocycles. The molecule has 1 fully saturated rings. The van der Waals surface area contributed by atoms with Gasteiger partial charge in [-0.05, 0) is 235 Å². The Hall–Kier alpha value is -6.98. The number of hydrogen-bond donors (Lipinski definition) is 0. The number of benzene rings is 8. The lowest BCUT2D eigenvalue weighted by atomic mass is 9.32. The van der Waals surface area contributed by atoms with Crippen molar-refractivity contribution in [1.29, 1.82) is 0 Å². The summed E-state index contributed by atoms with van der Waals surface area (Å²) in [5, 5.41) is 2.31. The number of para-hydroxylation sites is 1. The van der Waals surface area contributed by atoms with Crippen LogP contribution in [0, 0.1) is 6.92 Å². The van der Waals surface area contributed by atoms with E-state index in [4.69, 9.17) is 4.42 Å². The van der Waals surface area contributed by atoms with Crippen LogP contribution in [0.15, 0.2) is 138 Å². The zero-order chi connectivity index (χ0) is 62.4. The number of fused-ring (bicyclic) bond motifs is 13. The van der Waals surface area contributed by atoms with E-state index in [1.54, 1.807) is 0 Å². The van der Waals surface area contributed by atoms with E-state index in [0.29, 0.717) is 0 Å². The fraction of sp³-hybridized carbons (Fsp3) is 0.429. The second kappa shape index (κ2) is 18.2. The maximum Gasteiger partial charge on any atom is 0.252 e. The summed E-state index contributed by atoms with van der Waals surface area (Å²) in [6.07, 6.45) is 10.4. The summed E-state index contributed by atoms with van der Waals surface area (Å²) in [6, 6.07) is 54.2. The second-order valence-corrected chi connectivity index (χ2v) is 34.5. The second-order valence-electron chi connectivity index (χ2n) is 34.5. The van der Waals surface area contributed by atoms with Gasteiger partial charge in [-0.15, -0.1) is 0 Å². The van der Waals surface area contributed by atoms with E-state index in [2.05, 4.69) is 273 Å². The van der Waals surface area contributed by atoms with E-state index >= 15 is 0 Å². The van der Waals surface area contributed by atoms with Crippen molar-refractivity contribution in [3.8, 4) is 11.1 Å². The van der Waals surface area contributed by atoms with Crippen molar-refractivity contribution >= 4 is 90.5 Å². The van der Waals surface area contributed by atoms with Gasteiger partial charge in [-0.25, -0.2) is 0 Å². The molecule has 4 heterocycles. The first-order valence-electron chi connectivity index (χ1n) is 34.1. The summed E-state index contributed by atoms with van der Waals surface area (Å²) in [5.41, 5.74) is 31.9. The highest BCUT2D eigenvalue weighted by atomic mass is 16.3. The molecule has 2 atom stereocenters. The predicted octanol–water partition coefficient (Wildman–Crippen LogP) is 21.3. The van der Waals surface area contributed by atoms with Gasteiger partial charge in [-0.3, -0.25) is 0 Å². The Morgan fingerprint density at radius 2 is 0.921 bits per heavy atom. The lowest BCUT2D eigenvalue weighted by Crippen LogP contribution is -2.62. The summed E-state index contributed by atoms with van der Waals surface area (Å²) in [7, 11) is 0. The van der Waals surface area contributed by atoms with Gasteiger partial charge in [0.2, 0.25) is 0 Å². The highest BCUT2D eigenvalue weighted by Gasteiger charge is 2.59. The summed E-state index contributed by atoms with van der Waals surface area (Å²) in [6.45, 7) is 44.7. The van der Waals surface area contributed by atoms with E-state index < -0.39 is 0 Å².